The molecule has 19 heavy (non-hydrogen) atoms. The number of nitrogens with zero attached hydrogens (tertiary/aromatic N) is 2. The fourth-order valence-electron chi connectivity index (χ4n) is 1.99. The van der Waals surface area contributed by atoms with E-state index in [2.05, 4.69) is 21.4 Å². The van der Waals surface area contributed by atoms with Gasteiger partial charge in [0.1, 0.15) is 5.82 Å². The first-order valence-electron chi connectivity index (χ1n) is 6.02. The summed E-state index contributed by atoms with van der Waals surface area (Å²) in [7, 11) is 2.05. The zero-order valence-electron chi connectivity index (χ0n) is 10.8. The summed E-state index contributed by atoms with van der Waals surface area (Å²) in [5.74, 6) is 6.16. The van der Waals surface area contributed by atoms with E-state index in [1.807, 2.05) is 37.4 Å². The van der Waals surface area contributed by atoms with Crippen molar-refractivity contribution in [2.75, 3.05) is 12.5 Å². The standard InChI is InChI=1S/C14H17ClN4/c1-19(9-11-4-2-6-13(15)8-11)10-12-5-3-7-17-14(12)18-16/h2-8H,9-10,16H2,1H3,(H,17,18). The molecule has 0 saturated carbocycles. The van der Waals surface area contributed by atoms with Gasteiger partial charge in [0.05, 0.1) is 0 Å². The van der Waals surface area contributed by atoms with Crippen molar-refractivity contribution in [3.63, 3.8) is 0 Å². The van der Waals surface area contributed by atoms with Crippen LogP contribution in [0.5, 0.6) is 0 Å². The number of pyridine rings is 1. The van der Waals surface area contributed by atoms with Gasteiger partial charge in [0.15, 0.2) is 0 Å². The number of benzene rings is 1. The number of rotatable bonds is 5. The maximum Gasteiger partial charge on any atom is 0.144 e. The number of hydrogen-bond acceptors (Lipinski definition) is 4. The highest BCUT2D eigenvalue weighted by Crippen LogP contribution is 2.16. The average Bonchev–Trinajstić information content (AvgIpc) is 2.39. The predicted octanol–water partition coefficient (Wildman–Crippen LogP) is 2.65. The van der Waals surface area contributed by atoms with Crippen LogP contribution in [0.25, 0.3) is 0 Å². The molecule has 0 spiro atoms. The molecule has 0 bridgehead atoms. The van der Waals surface area contributed by atoms with E-state index in [1.165, 1.54) is 5.56 Å². The fourth-order valence-corrected chi connectivity index (χ4v) is 2.20. The number of nitrogen functional groups attached to an aromatic ring is 1. The summed E-state index contributed by atoms with van der Waals surface area (Å²) < 4.78 is 0. The Hall–Kier alpha value is -1.62. The first-order chi connectivity index (χ1) is 9.19. The molecule has 100 valence electrons. The van der Waals surface area contributed by atoms with E-state index in [0.29, 0.717) is 5.82 Å². The van der Waals surface area contributed by atoms with Crippen molar-refractivity contribution in [2.24, 2.45) is 5.84 Å². The summed E-state index contributed by atoms with van der Waals surface area (Å²) in [4.78, 5) is 6.37. The van der Waals surface area contributed by atoms with Crippen molar-refractivity contribution in [1.29, 1.82) is 0 Å². The smallest absolute Gasteiger partial charge is 0.144 e. The summed E-state index contributed by atoms with van der Waals surface area (Å²) in [5.41, 5.74) is 4.86. The van der Waals surface area contributed by atoms with Gasteiger partial charge >= 0.3 is 0 Å². The molecule has 1 heterocycles. The van der Waals surface area contributed by atoms with Crippen LogP contribution in [0.3, 0.4) is 0 Å². The van der Waals surface area contributed by atoms with E-state index in [0.717, 1.165) is 23.7 Å². The summed E-state index contributed by atoms with van der Waals surface area (Å²) in [6.45, 7) is 1.58. The third kappa shape index (κ3) is 3.92. The number of nitrogens with two attached hydrogens (primary N) is 1. The number of halogens is 1. The Morgan fingerprint density at radius 3 is 2.84 bits per heavy atom. The molecule has 4 nitrogen and oxygen atoms in total. The Bertz CT molecular complexity index is 544. The topological polar surface area (TPSA) is 54.2 Å². The molecule has 0 fully saturated rings. The van der Waals surface area contributed by atoms with Crippen LogP contribution < -0.4 is 11.3 Å². The molecule has 0 unspecified atom stereocenters. The molecule has 5 heteroatoms. The zero-order chi connectivity index (χ0) is 13.7. The van der Waals surface area contributed by atoms with Gasteiger partial charge in [0.25, 0.3) is 0 Å². The van der Waals surface area contributed by atoms with E-state index in [9.17, 15) is 0 Å². The lowest BCUT2D eigenvalue weighted by molar-refractivity contribution is 0.319. The molecule has 3 N–H and O–H groups in total. The maximum absolute atomic E-state index is 5.98. The van der Waals surface area contributed by atoms with Gasteiger partial charge in [-0.25, -0.2) is 10.8 Å². The van der Waals surface area contributed by atoms with Crippen LogP contribution in [0.15, 0.2) is 42.6 Å². The second-order valence-corrected chi connectivity index (χ2v) is 4.89. The highest BCUT2D eigenvalue weighted by atomic mass is 35.5. The molecule has 0 radical (unpaired) electrons. The second kappa shape index (κ2) is 6.52. The van der Waals surface area contributed by atoms with Crippen LogP contribution in [0.2, 0.25) is 5.02 Å². The maximum atomic E-state index is 5.98. The minimum absolute atomic E-state index is 0.709. The predicted molar refractivity (Wildman–Crippen MR) is 78.7 cm³/mol. The highest BCUT2D eigenvalue weighted by Gasteiger charge is 2.06. The van der Waals surface area contributed by atoms with Gasteiger partial charge in [-0.05, 0) is 30.8 Å². The van der Waals surface area contributed by atoms with Crippen LogP contribution in [0, 0.1) is 0 Å². The van der Waals surface area contributed by atoms with Gasteiger partial charge in [-0.1, -0.05) is 29.8 Å². The van der Waals surface area contributed by atoms with Gasteiger partial charge in [-0.3, -0.25) is 4.90 Å². The second-order valence-electron chi connectivity index (χ2n) is 4.46. The highest BCUT2D eigenvalue weighted by molar-refractivity contribution is 6.30. The number of nitrogens with one attached hydrogen (secondary N) is 1. The van der Waals surface area contributed by atoms with Gasteiger partial charge in [-0.2, -0.15) is 0 Å². The molecule has 0 aliphatic rings. The number of aromatic nitrogens is 1. The third-order valence-electron chi connectivity index (χ3n) is 2.81. The lowest BCUT2D eigenvalue weighted by Gasteiger charge is -2.18. The Kier molecular flexibility index (Phi) is 4.74. The van der Waals surface area contributed by atoms with Crippen molar-refractivity contribution < 1.29 is 0 Å². The molecule has 0 atom stereocenters. The van der Waals surface area contributed by atoms with Crippen molar-refractivity contribution in [3.8, 4) is 0 Å². The van der Waals surface area contributed by atoms with Gasteiger partial charge in [0.2, 0.25) is 0 Å². The van der Waals surface area contributed by atoms with Crippen LogP contribution in [-0.4, -0.2) is 16.9 Å². The summed E-state index contributed by atoms with van der Waals surface area (Å²) >= 11 is 5.98. The molecule has 0 aliphatic heterocycles. The van der Waals surface area contributed by atoms with Gasteiger partial charge < -0.3 is 5.43 Å². The van der Waals surface area contributed by atoms with Crippen molar-refractivity contribution >= 4 is 17.4 Å². The minimum Gasteiger partial charge on any atom is -0.308 e. The van der Waals surface area contributed by atoms with E-state index < -0.39 is 0 Å². The quantitative estimate of drug-likeness (QED) is 0.651. The monoisotopic (exact) mass is 276 g/mol. The lowest BCUT2D eigenvalue weighted by Crippen LogP contribution is -2.19. The molecule has 2 aromatic rings. The van der Waals surface area contributed by atoms with Crippen LogP contribution in [0.4, 0.5) is 5.82 Å². The average molecular weight is 277 g/mol. The first-order valence-corrected chi connectivity index (χ1v) is 6.40. The molecular formula is C14H17ClN4. The third-order valence-corrected chi connectivity index (χ3v) is 3.04. The van der Waals surface area contributed by atoms with Crippen LogP contribution >= 0.6 is 11.6 Å². The molecule has 1 aromatic heterocycles. The Morgan fingerprint density at radius 1 is 1.26 bits per heavy atom. The lowest BCUT2D eigenvalue weighted by atomic mass is 10.2. The zero-order valence-corrected chi connectivity index (χ0v) is 11.6. The molecule has 0 saturated heterocycles. The molecule has 0 aliphatic carbocycles. The van der Waals surface area contributed by atoms with Crippen LogP contribution in [-0.2, 0) is 13.1 Å². The first kappa shape index (κ1) is 13.8. The van der Waals surface area contributed by atoms with Crippen molar-refractivity contribution in [1.82, 2.24) is 9.88 Å². The number of hydrogen-bond donors (Lipinski definition) is 2. The minimum atomic E-state index is 0.709. The molecule has 2 rings (SSSR count). The Labute approximate surface area is 118 Å². The molecular weight excluding hydrogens is 260 g/mol. The van der Waals surface area contributed by atoms with Gasteiger partial charge in [-0.15, -0.1) is 0 Å². The summed E-state index contributed by atoms with van der Waals surface area (Å²) in [5, 5.41) is 0.761. The van der Waals surface area contributed by atoms with E-state index in [-0.39, 0.29) is 0 Å². The van der Waals surface area contributed by atoms with Crippen LogP contribution in [0.1, 0.15) is 11.1 Å². The normalized spacial score (nSPS) is 10.7. The van der Waals surface area contributed by atoms with E-state index in [4.69, 9.17) is 17.4 Å². The summed E-state index contributed by atoms with van der Waals surface area (Å²) in [6.07, 6.45) is 1.72. The number of hydrazine groups is 1. The number of anilines is 1. The fraction of sp³-hybridized carbons (Fsp3) is 0.214. The van der Waals surface area contributed by atoms with E-state index >= 15 is 0 Å². The largest absolute Gasteiger partial charge is 0.308 e. The van der Waals surface area contributed by atoms with Crippen molar-refractivity contribution in [3.05, 3.63) is 58.7 Å². The van der Waals surface area contributed by atoms with E-state index in [1.54, 1.807) is 6.20 Å². The molecule has 0 amide bonds. The van der Waals surface area contributed by atoms with Gasteiger partial charge in [0, 0.05) is 29.9 Å². The van der Waals surface area contributed by atoms with Crippen molar-refractivity contribution in [2.45, 2.75) is 13.1 Å². The SMILES string of the molecule is CN(Cc1cccc(Cl)c1)Cc1cccnc1NN. The summed E-state index contributed by atoms with van der Waals surface area (Å²) in [6, 6.07) is 11.8. The molecule has 1 aromatic carbocycles. The Balaban J connectivity index is 2.03. The Morgan fingerprint density at radius 2 is 2.11 bits per heavy atom.